The summed E-state index contributed by atoms with van der Waals surface area (Å²) < 4.78 is 9.62. The average molecular weight is 214 g/mol. The van der Waals surface area contributed by atoms with Gasteiger partial charge in [-0.1, -0.05) is 5.16 Å². The molecule has 0 aromatic carbocycles. The maximum absolute atomic E-state index is 11.4. The lowest BCUT2D eigenvalue weighted by Crippen LogP contribution is -2.41. The lowest BCUT2D eigenvalue weighted by Gasteiger charge is -2.11. The molecule has 0 aliphatic heterocycles. The number of hydrogen-bond acceptors (Lipinski definition) is 6. The summed E-state index contributed by atoms with van der Waals surface area (Å²) in [5.74, 6) is 0.247. The molecule has 1 aromatic rings. The summed E-state index contributed by atoms with van der Waals surface area (Å²) in [5.41, 5.74) is 5.32. The predicted molar refractivity (Wildman–Crippen MR) is 50.9 cm³/mol. The lowest BCUT2D eigenvalue weighted by atomic mass is 10.3. The Balaban J connectivity index is 2.22. The molecule has 1 heterocycles. The van der Waals surface area contributed by atoms with Crippen LogP contribution in [-0.4, -0.2) is 42.4 Å². The Hall–Kier alpha value is -1.47. The molecule has 0 radical (unpaired) electrons. The average Bonchev–Trinajstić information content (AvgIpc) is 2.72. The minimum absolute atomic E-state index is 0.156. The molecule has 0 aliphatic carbocycles. The smallest absolute Gasteiger partial charge is 0.250 e. The van der Waals surface area contributed by atoms with E-state index in [9.17, 15) is 4.79 Å². The van der Waals surface area contributed by atoms with E-state index in [0.29, 0.717) is 18.9 Å². The molecular weight excluding hydrogens is 200 g/mol. The Morgan fingerprint density at radius 1 is 1.80 bits per heavy atom. The Morgan fingerprint density at radius 2 is 2.60 bits per heavy atom. The quantitative estimate of drug-likeness (QED) is 0.610. The van der Waals surface area contributed by atoms with Crippen LogP contribution in [-0.2, 0) is 16.0 Å². The van der Waals surface area contributed by atoms with Crippen LogP contribution in [0.2, 0.25) is 0 Å². The Morgan fingerprint density at radius 3 is 3.13 bits per heavy atom. The van der Waals surface area contributed by atoms with Crippen LogP contribution in [0.3, 0.4) is 0 Å². The van der Waals surface area contributed by atoms with E-state index in [0.717, 1.165) is 0 Å². The van der Waals surface area contributed by atoms with Gasteiger partial charge in [-0.25, -0.2) is 0 Å². The molecule has 1 amide bonds. The van der Waals surface area contributed by atoms with Crippen molar-refractivity contribution in [2.45, 2.75) is 12.5 Å². The highest BCUT2D eigenvalue weighted by Crippen LogP contribution is 1.92. The lowest BCUT2D eigenvalue weighted by molar-refractivity contribution is -0.130. The Kier molecular flexibility index (Phi) is 4.72. The number of carbonyl (C=O) groups excluding carboxylic acids is 1. The van der Waals surface area contributed by atoms with Gasteiger partial charge < -0.3 is 20.3 Å². The van der Waals surface area contributed by atoms with Gasteiger partial charge in [0.2, 0.25) is 11.8 Å². The van der Waals surface area contributed by atoms with Crippen molar-refractivity contribution in [3.05, 3.63) is 12.2 Å². The summed E-state index contributed by atoms with van der Waals surface area (Å²) in [6, 6.07) is 0. The third kappa shape index (κ3) is 3.64. The van der Waals surface area contributed by atoms with E-state index in [-0.39, 0.29) is 12.5 Å². The highest BCUT2D eigenvalue weighted by molar-refractivity contribution is 5.80. The van der Waals surface area contributed by atoms with Crippen LogP contribution in [0.25, 0.3) is 0 Å². The zero-order valence-electron chi connectivity index (χ0n) is 8.47. The van der Waals surface area contributed by atoms with Gasteiger partial charge in [0.15, 0.2) is 6.33 Å². The van der Waals surface area contributed by atoms with Crippen molar-refractivity contribution in [1.29, 1.82) is 0 Å². The fourth-order valence-corrected chi connectivity index (χ4v) is 1.02. The second kappa shape index (κ2) is 6.10. The molecule has 0 saturated carbocycles. The van der Waals surface area contributed by atoms with E-state index in [4.69, 9.17) is 15.0 Å². The van der Waals surface area contributed by atoms with Gasteiger partial charge in [-0.3, -0.25) is 4.79 Å². The molecule has 1 rings (SSSR count). The molecule has 0 saturated heterocycles. The molecule has 7 heteroatoms. The molecule has 0 aliphatic rings. The maximum atomic E-state index is 11.4. The molecule has 7 nitrogen and oxygen atoms in total. The molecule has 1 atom stereocenters. The predicted octanol–water partition coefficient (Wildman–Crippen LogP) is -1.30. The van der Waals surface area contributed by atoms with Gasteiger partial charge in [-0.05, 0) is 0 Å². The van der Waals surface area contributed by atoms with Crippen LogP contribution in [0.5, 0.6) is 0 Å². The summed E-state index contributed by atoms with van der Waals surface area (Å²) in [5, 5.41) is 6.10. The Labute approximate surface area is 87.0 Å². The van der Waals surface area contributed by atoms with E-state index < -0.39 is 6.10 Å². The monoisotopic (exact) mass is 214 g/mol. The van der Waals surface area contributed by atoms with E-state index in [1.165, 1.54) is 13.4 Å². The first-order chi connectivity index (χ1) is 7.27. The van der Waals surface area contributed by atoms with E-state index in [1.807, 2.05) is 0 Å². The van der Waals surface area contributed by atoms with Crippen molar-refractivity contribution in [3.8, 4) is 0 Å². The number of ether oxygens (including phenoxy) is 1. The normalized spacial score (nSPS) is 12.4. The second-order valence-corrected chi connectivity index (χ2v) is 2.84. The van der Waals surface area contributed by atoms with Crippen LogP contribution in [0.4, 0.5) is 0 Å². The standard InChI is InChI=1S/C8H14N4O3/c1-14-6(4-9)8(13)10-3-2-7-11-5-12-15-7/h5-6H,2-4,9H2,1H3,(H,10,13). The summed E-state index contributed by atoms with van der Waals surface area (Å²) in [6.45, 7) is 0.573. The van der Waals surface area contributed by atoms with Crippen molar-refractivity contribution in [3.63, 3.8) is 0 Å². The SMILES string of the molecule is COC(CN)C(=O)NCCc1ncno1. The number of aromatic nitrogens is 2. The number of nitrogens with zero attached hydrogens (tertiary/aromatic N) is 2. The first-order valence-electron chi connectivity index (χ1n) is 4.54. The summed E-state index contributed by atoms with van der Waals surface area (Å²) in [6.07, 6.45) is 1.20. The number of carbonyl (C=O) groups is 1. The van der Waals surface area contributed by atoms with Crippen molar-refractivity contribution in [2.75, 3.05) is 20.2 Å². The molecule has 0 fully saturated rings. The van der Waals surface area contributed by atoms with Crippen molar-refractivity contribution in [1.82, 2.24) is 15.5 Å². The molecule has 1 unspecified atom stereocenters. The summed E-state index contributed by atoms with van der Waals surface area (Å²) >= 11 is 0. The van der Waals surface area contributed by atoms with Gasteiger partial charge in [0, 0.05) is 26.6 Å². The van der Waals surface area contributed by atoms with Crippen LogP contribution in [0.1, 0.15) is 5.89 Å². The van der Waals surface area contributed by atoms with Crippen LogP contribution in [0, 0.1) is 0 Å². The second-order valence-electron chi connectivity index (χ2n) is 2.84. The van der Waals surface area contributed by atoms with Crippen LogP contribution in [0.15, 0.2) is 10.9 Å². The van der Waals surface area contributed by atoms with Crippen LogP contribution < -0.4 is 11.1 Å². The van der Waals surface area contributed by atoms with Crippen molar-refractivity contribution < 1.29 is 14.1 Å². The fraction of sp³-hybridized carbons (Fsp3) is 0.625. The zero-order valence-corrected chi connectivity index (χ0v) is 8.47. The highest BCUT2D eigenvalue weighted by atomic mass is 16.5. The molecule has 1 aromatic heterocycles. The van der Waals surface area contributed by atoms with Gasteiger partial charge in [-0.15, -0.1) is 0 Å². The Bertz CT molecular complexity index is 284. The van der Waals surface area contributed by atoms with E-state index in [1.54, 1.807) is 0 Å². The molecule has 0 bridgehead atoms. The van der Waals surface area contributed by atoms with Crippen molar-refractivity contribution >= 4 is 5.91 Å². The minimum atomic E-state index is -0.604. The number of hydrogen-bond donors (Lipinski definition) is 2. The number of nitrogens with one attached hydrogen (secondary N) is 1. The third-order valence-electron chi connectivity index (χ3n) is 1.84. The van der Waals surface area contributed by atoms with Gasteiger partial charge in [0.1, 0.15) is 6.10 Å². The fourth-order valence-electron chi connectivity index (χ4n) is 1.02. The zero-order chi connectivity index (χ0) is 11.1. The van der Waals surface area contributed by atoms with Gasteiger partial charge >= 0.3 is 0 Å². The third-order valence-corrected chi connectivity index (χ3v) is 1.84. The van der Waals surface area contributed by atoms with E-state index >= 15 is 0 Å². The van der Waals surface area contributed by atoms with Gasteiger partial charge in [0.05, 0.1) is 0 Å². The van der Waals surface area contributed by atoms with E-state index in [2.05, 4.69) is 15.5 Å². The topological polar surface area (TPSA) is 103 Å². The number of methoxy groups -OCH3 is 1. The summed E-state index contributed by atoms with van der Waals surface area (Å²) in [4.78, 5) is 15.2. The maximum Gasteiger partial charge on any atom is 0.250 e. The van der Waals surface area contributed by atoms with Crippen LogP contribution >= 0.6 is 0 Å². The largest absolute Gasteiger partial charge is 0.370 e. The highest BCUT2D eigenvalue weighted by Gasteiger charge is 2.14. The first-order valence-corrected chi connectivity index (χ1v) is 4.54. The molecule has 15 heavy (non-hydrogen) atoms. The molecular formula is C8H14N4O3. The minimum Gasteiger partial charge on any atom is -0.370 e. The van der Waals surface area contributed by atoms with Gasteiger partial charge in [-0.2, -0.15) is 4.98 Å². The number of nitrogens with two attached hydrogens (primary N) is 1. The number of amides is 1. The molecule has 0 spiro atoms. The molecule has 3 N–H and O–H groups in total. The van der Waals surface area contributed by atoms with Crippen molar-refractivity contribution in [2.24, 2.45) is 5.73 Å². The molecule has 84 valence electrons. The number of rotatable bonds is 6. The first kappa shape index (κ1) is 11.6. The van der Waals surface area contributed by atoms with Gasteiger partial charge in [0.25, 0.3) is 0 Å². The summed E-state index contributed by atoms with van der Waals surface area (Å²) in [7, 11) is 1.44.